The lowest BCUT2D eigenvalue weighted by atomic mass is 10.2. The van der Waals surface area contributed by atoms with Gasteiger partial charge in [0.2, 0.25) is 0 Å². The second-order valence-electron chi connectivity index (χ2n) is 5.29. The van der Waals surface area contributed by atoms with E-state index in [9.17, 15) is 0 Å². The van der Waals surface area contributed by atoms with Gasteiger partial charge in [0.1, 0.15) is 12.2 Å². The molecule has 0 bridgehead atoms. The van der Waals surface area contributed by atoms with E-state index in [1.165, 1.54) is 0 Å². The van der Waals surface area contributed by atoms with Crippen LogP contribution in [0.3, 0.4) is 0 Å². The van der Waals surface area contributed by atoms with Crippen LogP contribution in [-0.4, -0.2) is 59.4 Å². The van der Waals surface area contributed by atoms with Gasteiger partial charge in [-0.15, -0.1) is 5.10 Å². The maximum Gasteiger partial charge on any atom is 0.155 e. The summed E-state index contributed by atoms with van der Waals surface area (Å²) < 4.78 is 12.5. The number of methoxy groups -OCH3 is 2. The van der Waals surface area contributed by atoms with E-state index in [1.54, 1.807) is 44.9 Å². The average molecular weight is 353 g/mol. The lowest BCUT2D eigenvalue weighted by molar-refractivity contribution is 0.152. The van der Waals surface area contributed by atoms with Gasteiger partial charge in [-0.2, -0.15) is 5.10 Å². The van der Waals surface area contributed by atoms with Crippen molar-refractivity contribution in [3.63, 3.8) is 0 Å². The molecule has 0 N–H and O–H groups in total. The highest BCUT2D eigenvalue weighted by Crippen LogP contribution is 2.23. The van der Waals surface area contributed by atoms with E-state index in [0.717, 1.165) is 25.1 Å². The number of hydrogen-bond donors (Lipinski definition) is 0. The Morgan fingerprint density at radius 1 is 1.38 bits per heavy atom. The van der Waals surface area contributed by atoms with E-state index < -0.39 is 0 Å². The Bertz CT molecular complexity index is 492. The minimum Gasteiger partial charge on any atom is -0.494 e. The van der Waals surface area contributed by atoms with Crippen LogP contribution in [-0.2, 0) is 11.2 Å². The van der Waals surface area contributed by atoms with E-state index in [-0.39, 0.29) is 11.3 Å². The first-order chi connectivity index (χ1) is 11.6. The van der Waals surface area contributed by atoms with Crippen molar-refractivity contribution in [1.82, 2.24) is 14.3 Å². The van der Waals surface area contributed by atoms with E-state index in [4.69, 9.17) is 9.47 Å². The predicted octanol–water partition coefficient (Wildman–Crippen LogP) is 2.83. The van der Waals surface area contributed by atoms with Crippen molar-refractivity contribution in [3.05, 3.63) is 18.2 Å². The third-order valence-electron chi connectivity index (χ3n) is 3.28. The van der Waals surface area contributed by atoms with Gasteiger partial charge in [-0.3, -0.25) is 4.31 Å². The molecule has 0 aliphatic heterocycles. The Labute approximate surface area is 148 Å². The fourth-order valence-electron chi connectivity index (χ4n) is 2.16. The predicted molar refractivity (Wildman–Crippen MR) is 99.8 cm³/mol. The molecule has 8 heteroatoms. The van der Waals surface area contributed by atoms with Crippen LogP contribution < -0.4 is 4.74 Å². The summed E-state index contributed by atoms with van der Waals surface area (Å²) in [6, 6.07) is 0.231. The van der Waals surface area contributed by atoms with Gasteiger partial charge >= 0.3 is 0 Å². The molecule has 0 aliphatic rings. The quantitative estimate of drug-likeness (QED) is 0.249. The number of nitrogens with zero attached hydrogens (tertiary/aromatic N) is 5. The normalized spacial score (nSPS) is 13.7. The second kappa shape index (κ2) is 11.8. The van der Waals surface area contributed by atoms with E-state index in [2.05, 4.69) is 45.0 Å². The Hall–Kier alpha value is -1.67. The molecule has 134 valence electrons. The van der Waals surface area contributed by atoms with Gasteiger partial charge < -0.3 is 9.47 Å². The molecule has 0 fully saturated rings. The summed E-state index contributed by atoms with van der Waals surface area (Å²) in [5.41, 5.74) is 0. The van der Waals surface area contributed by atoms with Crippen LogP contribution in [0.15, 0.2) is 22.6 Å². The Morgan fingerprint density at radius 3 is 2.62 bits per heavy atom. The van der Waals surface area contributed by atoms with Crippen molar-refractivity contribution in [2.24, 2.45) is 10.2 Å². The first-order valence-electron chi connectivity index (χ1n) is 7.92. The number of hydrogen-bond acceptors (Lipinski definition) is 7. The summed E-state index contributed by atoms with van der Waals surface area (Å²) in [4.78, 5) is 8.64. The highest BCUT2D eigenvalue weighted by Gasteiger charge is 2.19. The van der Waals surface area contributed by atoms with Crippen molar-refractivity contribution in [2.75, 3.05) is 20.8 Å². The fourth-order valence-corrected chi connectivity index (χ4v) is 3.23. The third-order valence-corrected chi connectivity index (χ3v) is 4.44. The van der Waals surface area contributed by atoms with Gasteiger partial charge in [-0.05, 0) is 18.4 Å². The largest absolute Gasteiger partial charge is 0.494 e. The topological polar surface area (TPSA) is 72.2 Å². The third kappa shape index (κ3) is 7.27. The number of aromatic nitrogens is 2. The molecule has 1 aromatic heterocycles. The summed E-state index contributed by atoms with van der Waals surface area (Å²) >= 11 is 1.68. The molecule has 0 spiro atoms. The lowest BCUT2D eigenvalue weighted by Crippen LogP contribution is -2.34. The molecule has 2 atom stereocenters. The zero-order valence-corrected chi connectivity index (χ0v) is 15.7. The summed E-state index contributed by atoms with van der Waals surface area (Å²) in [5.74, 6) is 1.45. The molecule has 0 saturated carbocycles. The van der Waals surface area contributed by atoms with Gasteiger partial charge in [-0.1, -0.05) is 20.3 Å². The smallest absolute Gasteiger partial charge is 0.155 e. The van der Waals surface area contributed by atoms with Gasteiger partial charge in [0.05, 0.1) is 32.2 Å². The minimum absolute atomic E-state index is 0.231. The molecule has 0 aromatic carbocycles. The van der Waals surface area contributed by atoms with Crippen LogP contribution >= 0.6 is 11.9 Å². The van der Waals surface area contributed by atoms with Gasteiger partial charge in [0.25, 0.3) is 0 Å². The standard InChI is InChI=1S/C16H27N5O2S/c1-6-7-14(11-22-4)21(12-20-17-3)24-13(2)8-16-18-9-15(23-5)10-19-16/h9-10,12-14H,3,6-8,11H2,1-2,4-5H3/b20-12-. The maximum absolute atomic E-state index is 5.34. The summed E-state index contributed by atoms with van der Waals surface area (Å²) in [7, 11) is 3.31. The molecule has 0 aliphatic carbocycles. The maximum atomic E-state index is 5.34. The molecule has 1 heterocycles. The Kier molecular flexibility index (Phi) is 10.0. The highest BCUT2D eigenvalue weighted by molar-refractivity contribution is 7.98. The molecule has 0 saturated heterocycles. The van der Waals surface area contributed by atoms with Gasteiger partial charge in [-0.25, -0.2) is 9.97 Å². The van der Waals surface area contributed by atoms with Gasteiger partial charge in [0.15, 0.2) is 5.75 Å². The molecule has 0 radical (unpaired) electrons. The first-order valence-corrected chi connectivity index (χ1v) is 8.76. The molecule has 1 rings (SSSR count). The molecule has 2 unspecified atom stereocenters. The van der Waals surface area contributed by atoms with Crippen LogP contribution in [0.4, 0.5) is 0 Å². The van der Waals surface area contributed by atoms with Crippen molar-refractivity contribution in [2.45, 2.75) is 44.4 Å². The molecular formula is C16H27N5O2S. The molecule has 24 heavy (non-hydrogen) atoms. The van der Waals surface area contributed by atoms with Crippen molar-refractivity contribution >= 4 is 25.0 Å². The van der Waals surface area contributed by atoms with Gasteiger partial charge in [0, 0.05) is 25.5 Å². The Balaban J connectivity index is 2.71. The molecular weight excluding hydrogens is 326 g/mol. The summed E-state index contributed by atoms with van der Waals surface area (Å²) in [6.45, 7) is 8.33. The lowest BCUT2D eigenvalue weighted by Gasteiger charge is -2.29. The van der Waals surface area contributed by atoms with Crippen LogP contribution in [0.2, 0.25) is 0 Å². The highest BCUT2D eigenvalue weighted by atomic mass is 32.2. The monoisotopic (exact) mass is 353 g/mol. The van der Waals surface area contributed by atoms with Crippen LogP contribution in [0.25, 0.3) is 0 Å². The Morgan fingerprint density at radius 2 is 2.08 bits per heavy atom. The SMILES string of the molecule is C=N/N=C\N(SC(C)Cc1ncc(OC)cn1)C(CCC)COC. The fraction of sp³-hybridized carbons (Fsp3) is 0.625. The van der Waals surface area contributed by atoms with Crippen LogP contribution in [0.5, 0.6) is 5.75 Å². The van der Waals surface area contributed by atoms with Crippen LogP contribution in [0.1, 0.15) is 32.5 Å². The number of ether oxygens (including phenoxy) is 2. The van der Waals surface area contributed by atoms with E-state index in [0.29, 0.717) is 12.4 Å². The molecule has 1 aromatic rings. The van der Waals surface area contributed by atoms with Crippen LogP contribution in [0, 0.1) is 0 Å². The van der Waals surface area contributed by atoms with E-state index in [1.807, 2.05) is 0 Å². The van der Waals surface area contributed by atoms with E-state index >= 15 is 0 Å². The molecule has 0 amide bonds. The van der Waals surface area contributed by atoms with Crippen molar-refractivity contribution < 1.29 is 9.47 Å². The van der Waals surface area contributed by atoms with Crippen molar-refractivity contribution in [1.29, 1.82) is 0 Å². The average Bonchev–Trinajstić information content (AvgIpc) is 2.59. The zero-order chi connectivity index (χ0) is 17.8. The first kappa shape index (κ1) is 20.4. The number of rotatable bonds is 12. The summed E-state index contributed by atoms with van der Waals surface area (Å²) in [6.07, 6.45) is 7.90. The second-order valence-corrected chi connectivity index (χ2v) is 6.73. The molecule has 7 nitrogen and oxygen atoms in total. The minimum atomic E-state index is 0.231. The zero-order valence-electron chi connectivity index (χ0n) is 14.9. The summed E-state index contributed by atoms with van der Waals surface area (Å²) in [5, 5.41) is 7.77. The van der Waals surface area contributed by atoms with Crippen molar-refractivity contribution in [3.8, 4) is 5.75 Å².